The fraction of sp³-hybridized carbons (Fsp3) is 0.100. The molecule has 0 amide bonds. The summed E-state index contributed by atoms with van der Waals surface area (Å²) in [6.45, 7) is 4.00. The van der Waals surface area contributed by atoms with Crippen LogP contribution < -0.4 is 4.90 Å². The highest BCUT2D eigenvalue weighted by Gasteiger charge is 2.11. The van der Waals surface area contributed by atoms with E-state index in [1.807, 2.05) is 62.4 Å². The van der Waals surface area contributed by atoms with Crippen molar-refractivity contribution >= 4 is 17.1 Å². The van der Waals surface area contributed by atoms with Crippen LogP contribution in [0.5, 0.6) is 5.75 Å². The molecule has 112 valence electrons. The zero-order valence-electron chi connectivity index (χ0n) is 13.0. The van der Waals surface area contributed by atoms with Gasteiger partial charge in [-0.05, 0) is 48.5 Å². The summed E-state index contributed by atoms with van der Waals surface area (Å²) in [5.74, 6) is 0.273. The average molecular weight is 291 g/mol. The maximum absolute atomic E-state index is 9.46. The topological polar surface area (TPSA) is 23.5 Å². The lowest BCUT2D eigenvalue weighted by Gasteiger charge is -2.25. The van der Waals surface area contributed by atoms with Crippen molar-refractivity contribution in [2.24, 2.45) is 0 Å². The molecule has 0 spiro atoms. The lowest BCUT2D eigenvalue weighted by atomic mass is 10.2. The Morgan fingerprint density at radius 3 is 1.32 bits per heavy atom. The van der Waals surface area contributed by atoms with Gasteiger partial charge in [-0.3, -0.25) is 0 Å². The van der Waals surface area contributed by atoms with Crippen LogP contribution in [0.3, 0.4) is 0 Å². The first kappa shape index (κ1) is 15.6. The molecule has 3 aromatic carbocycles. The molecule has 22 heavy (non-hydrogen) atoms. The van der Waals surface area contributed by atoms with Crippen molar-refractivity contribution in [1.29, 1.82) is 0 Å². The quantitative estimate of drug-likeness (QED) is 0.650. The van der Waals surface area contributed by atoms with Crippen molar-refractivity contribution in [2.45, 2.75) is 13.8 Å². The van der Waals surface area contributed by atoms with E-state index >= 15 is 0 Å². The molecule has 0 saturated carbocycles. The van der Waals surface area contributed by atoms with Gasteiger partial charge in [0.15, 0.2) is 0 Å². The number of benzene rings is 3. The molecule has 2 nitrogen and oxygen atoms in total. The summed E-state index contributed by atoms with van der Waals surface area (Å²) < 4.78 is 0. The fourth-order valence-corrected chi connectivity index (χ4v) is 2.20. The van der Waals surface area contributed by atoms with Gasteiger partial charge >= 0.3 is 0 Å². The number of hydrogen-bond donors (Lipinski definition) is 1. The average Bonchev–Trinajstić information content (AvgIpc) is 2.61. The van der Waals surface area contributed by atoms with Gasteiger partial charge in [0, 0.05) is 17.1 Å². The second kappa shape index (κ2) is 7.89. The standard InChI is InChI=1S/C18H15NO.C2H6/c20-18-13-11-17(12-14-18)19(15-7-3-1-4-8-15)16-9-5-2-6-10-16;1-2/h1-14,20H;1-2H3. The van der Waals surface area contributed by atoms with Crippen molar-refractivity contribution in [1.82, 2.24) is 0 Å². The first-order valence-corrected chi connectivity index (χ1v) is 7.54. The molecule has 3 rings (SSSR count). The molecule has 0 atom stereocenters. The first-order chi connectivity index (χ1) is 10.8. The Morgan fingerprint density at radius 2 is 0.909 bits per heavy atom. The van der Waals surface area contributed by atoms with E-state index in [2.05, 4.69) is 29.2 Å². The van der Waals surface area contributed by atoms with Crippen LogP contribution in [0.2, 0.25) is 0 Å². The van der Waals surface area contributed by atoms with E-state index in [9.17, 15) is 5.11 Å². The molecule has 0 radical (unpaired) electrons. The highest BCUT2D eigenvalue weighted by molar-refractivity contribution is 5.76. The summed E-state index contributed by atoms with van der Waals surface area (Å²) in [7, 11) is 0. The molecule has 3 aromatic rings. The number of aromatic hydroxyl groups is 1. The van der Waals surface area contributed by atoms with E-state index in [0.717, 1.165) is 17.1 Å². The maximum atomic E-state index is 9.46. The minimum Gasteiger partial charge on any atom is -0.508 e. The van der Waals surface area contributed by atoms with Gasteiger partial charge in [0.2, 0.25) is 0 Å². The molecule has 2 heteroatoms. The van der Waals surface area contributed by atoms with Crippen LogP contribution >= 0.6 is 0 Å². The third kappa shape index (κ3) is 3.67. The predicted octanol–water partition coefficient (Wildman–Crippen LogP) is 5.89. The third-order valence-electron chi connectivity index (χ3n) is 3.14. The number of para-hydroxylation sites is 2. The van der Waals surface area contributed by atoms with Crippen LogP contribution in [0.15, 0.2) is 84.9 Å². The van der Waals surface area contributed by atoms with Gasteiger partial charge in [0.25, 0.3) is 0 Å². The van der Waals surface area contributed by atoms with Gasteiger partial charge < -0.3 is 10.0 Å². The van der Waals surface area contributed by atoms with Gasteiger partial charge in [-0.15, -0.1) is 0 Å². The van der Waals surface area contributed by atoms with Crippen molar-refractivity contribution in [3.63, 3.8) is 0 Å². The highest BCUT2D eigenvalue weighted by Crippen LogP contribution is 2.34. The number of rotatable bonds is 3. The van der Waals surface area contributed by atoms with Gasteiger partial charge in [-0.1, -0.05) is 50.2 Å². The van der Waals surface area contributed by atoms with E-state index in [0.29, 0.717) is 0 Å². The monoisotopic (exact) mass is 291 g/mol. The fourth-order valence-electron chi connectivity index (χ4n) is 2.20. The molecule has 0 aromatic heterocycles. The lowest BCUT2D eigenvalue weighted by Crippen LogP contribution is -2.09. The van der Waals surface area contributed by atoms with E-state index < -0.39 is 0 Å². The molecule has 0 fully saturated rings. The number of anilines is 3. The first-order valence-electron chi connectivity index (χ1n) is 7.54. The van der Waals surface area contributed by atoms with Crippen molar-refractivity contribution in [2.75, 3.05) is 4.90 Å². The largest absolute Gasteiger partial charge is 0.508 e. The molecule has 0 heterocycles. The molecule has 1 N–H and O–H groups in total. The number of phenolic OH excluding ortho intramolecular Hbond substituents is 1. The number of nitrogens with zero attached hydrogens (tertiary/aromatic N) is 1. The molecule has 0 aliphatic heterocycles. The summed E-state index contributed by atoms with van der Waals surface area (Å²) in [6.07, 6.45) is 0. The maximum Gasteiger partial charge on any atom is 0.115 e. The minimum atomic E-state index is 0.273. The Bertz CT molecular complexity index is 624. The van der Waals surface area contributed by atoms with E-state index in [1.54, 1.807) is 12.1 Å². The minimum absolute atomic E-state index is 0.273. The summed E-state index contributed by atoms with van der Waals surface area (Å²) in [4.78, 5) is 2.15. The van der Waals surface area contributed by atoms with Crippen LogP contribution in [0.4, 0.5) is 17.1 Å². The predicted molar refractivity (Wildman–Crippen MR) is 94.1 cm³/mol. The third-order valence-corrected chi connectivity index (χ3v) is 3.14. The van der Waals surface area contributed by atoms with Gasteiger partial charge in [0.05, 0.1) is 0 Å². The number of hydrogen-bond acceptors (Lipinski definition) is 2. The summed E-state index contributed by atoms with van der Waals surface area (Å²) >= 11 is 0. The summed E-state index contributed by atoms with van der Waals surface area (Å²) in [5.41, 5.74) is 3.19. The molecule has 0 aliphatic carbocycles. The smallest absolute Gasteiger partial charge is 0.115 e. The Morgan fingerprint density at radius 1 is 0.545 bits per heavy atom. The zero-order chi connectivity index (χ0) is 15.8. The van der Waals surface area contributed by atoms with Gasteiger partial charge in [0.1, 0.15) is 5.75 Å². The van der Waals surface area contributed by atoms with Crippen LogP contribution in [-0.2, 0) is 0 Å². The molecular formula is C20H21NO. The molecule has 0 bridgehead atoms. The van der Waals surface area contributed by atoms with Gasteiger partial charge in [-0.2, -0.15) is 0 Å². The molecule has 0 saturated heterocycles. The Hall–Kier alpha value is -2.74. The van der Waals surface area contributed by atoms with Crippen molar-refractivity contribution in [3.05, 3.63) is 84.9 Å². The Balaban J connectivity index is 0.000000847. The van der Waals surface area contributed by atoms with Crippen molar-refractivity contribution in [3.8, 4) is 5.75 Å². The molecule has 0 aliphatic rings. The number of phenols is 1. The SMILES string of the molecule is CC.Oc1ccc(N(c2ccccc2)c2ccccc2)cc1. The second-order valence-corrected chi connectivity index (χ2v) is 4.52. The van der Waals surface area contributed by atoms with Gasteiger partial charge in [-0.25, -0.2) is 0 Å². The summed E-state index contributed by atoms with van der Waals surface area (Å²) in [5, 5.41) is 9.46. The van der Waals surface area contributed by atoms with Crippen LogP contribution in [0.1, 0.15) is 13.8 Å². The van der Waals surface area contributed by atoms with Crippen LogP contribution in [0.25, 0.3) is 0 Å². The Labute approximate surface area is 132 Å². The van der Waals surface area contributed by atoms with E-state index in [-0.39, 0.29) is 5.75 Å². The van der Waals surface area contributed by atoms with E-state index in [4.69, 9.17) is 0 Å². The normalized spacial score (nSPS) is 9.55. The second-order valence-electron chi connectivity index (χ2n) is 4.52. The summed E-state index contributed by atoms with van der Waals surface area (Å²) in [6, 6.07) is 27.6. The van der Waals surface area contributed by atoms with Crippen LogP contribution in [0, 0.1) is 0 Å². The van der Waals surface area contributed by atoms with Crippen molar-refractivity contribution < 1.29 is 5.11 Å². The van der Waals surface area contributed by atoms with Crippen LogP contribution in [-0.4, -0.2) is 5.11 Å². The highest BCUT2D eigenvalue weighted by atomic mass is 16.3. The lowest BCUT2D eigenvalue weighted by molar-refractivity contribution is 0.475. The Kier molecular flexibility index (Phi) is 5.61. The van der Waals surface area contributed by atoms with E-state index in [1.165, 1.54) is 0 Å². The zero-order valence-corrected chi connectivity index (χ0v) is 13.0. The molecule has 0 unspecified atom stereocenters. The molecular weight excluding hydrogens is 270 g/mol.